The summed E-state index contributed by atoms with van der Waals surface area (Å²) in [6.07, 6.45) is 8.29. The number of hydrogen-bond acceptors (Lipinski definition) is 2. The van der Waals surface area contributed by atoms with Crippen molar-refractivity contribution in [2.45, 2.75) is 50.6 Å². The summed E-state index contributed by atoms with van der Waals surface area (Å²) in [5.41, 5.74) is 1.46. The summed E-state index contributed by atoms with van der Waals surface area (Å²) in [6.45, 7) is 3.83. The number of piperidine rings is 1. The zero-order valence-electron chi connectivity index (χ0n) is 12.8. The molecule has 2 fully saturated rings. The first-order chi connectivity index (χ1) is 9.83. The van der Waals surface area contributed by atoms with Crippen LogP contribution in [-0.4, -0.2) is 48.6 Å². The van der Waals surface area contributed by atoms with E-state index in [1.807, 2.05) is 0 Å². The lowest BCUT2D eigenvalue weighted by molar-refractivity contribution is 0.0537. The average Bonchev–Trinajstić information content (AvgIpc) is 2.44. The minimum Gasteiger partial charge on any atom is -0.302 e. The maximum Gasteiger partial charge on any atom is 0.0220 e. The molecule has 2 aliphatic rings. The lowest BCUT2D eigenvalue weighted by atomic mass is 9.89. The molecule has 0 amide bonds. The Morgan fingerprint density at radius 2 is 1.90 bits per heavy atom. The highest BCUT2D eigenvalue weighted by Gasteiger charge is 2.30. The minimum atomic E-state index is 0.771. The fourth-order valence-corrected chi connectivity index (χ4v) is 3.56. The molecule has 0 spiro atoms. The summed E-state index contributed by atoms with van der Waals surface area (Å²) in [4.78, 5) is 5.36. The van der Waals surface area contributed by atoms with Gasteiger partial charge in [-0.3, -0.25) is 4.90 Å². The fourth-order valence-electron chi connectivity index (χ4n) is 3.56. The third-order valence-electron chi connectivity index (χ3n) is 5.24. The van der Waals surface area contributed by atoms with Gasteiger partial charge in [0.15, 0.2) is 0 Å². The zero-order chi connectivity index (χ0) is 13.8. The molecule has 2 nitrogen and oxygen atoms in total. The zero-order valence-corrected chi connectivity index (χ0v) is 12.8. The SMILES string of the molecule is CN(CCc1ccccc1)[C@@H]1CCCN(C2CCC2)C1. The monoisotopic (exact) mass is 272 g/mol. The Bertz CT molecular complexity index is 399. The van der Waals surface area contributed by atoms with E-state index in [-0.39, 0.29) is 0 Å². The Kier molecular flexibility index (Phi) is 4.74. The van der Waals surface area contributed by atoms with Crippen LogP contribution in [0.1, 0.15) is 37.7 Å². The minimum absolute atomic E-state index is 0.771. The van der Waals surface area contributed by atoms with Crippen molar-refractivity contribution in [1.29, 1.82) is 0 Å². The van der Waals surface area contributed by atoms with Crippen LogP contribution in [0.5, 0.6) is 0 Å². The van der Waals surface area contributed by atoms with Gasteiger partial charge in [-0.05, 0) is 51.3 Å². The lowest BCUT2D eigenvalue weighted by Gasteiger charge is -2.44. The molecule has 20 heavy (non-hydrogen) atoms. The Balaban J connectivity index is 1.47. The number of hydrogen-bond donors (Lipinski definition) is 0. The third kappa shape index (κ3) is 3.42. The first kappa shape index (κ1) is 14.1. The molecule has 1 atom stereocenters. The van der Waals surface area contributed by atoms with Crippen LogP contribution in [0.2, 0.25) is 0 Å². The van der Waals surface area contributed by atoms with E-state index in [0.29, 0.717) is 0 Å². The molecule has 0 N–H and O–H groups in total. The van der Waals surface area contributed by atoms with E-state index >= 15 is 0 Å². The number of likely N-dealkylation sites (tertiary alicyclic amines) is 1. The Morgan fingerprint density at radius 3 is 2.60 bits per heavy atom. The molecule has 0 unspecified atom stereocenters. The van der Waals surface area contributed by atoms with Gasteiger partial charge in [0.2, 0.25) is 0 Å². The van der Waals surface area contributed by atoms with Crippen molar-refractivity contribution in [3.63, 3.8) is 0 Å². The summed E-state index contributed by atoms with van der Waals surface area (Å²) in [5.74, 6) is 0. The van der Waals surface area contributed by atoms with Gasteiger partial charge >= 0.3 is 0 Å². The topological polar surface area (TPSA) is 6.48 Å². The summed E-state index contributed by atoms with van der Waals surface area (Å²) in [7, 11) is 2.32. The van der Waals surface area contributed by atoms with Crippen LogP contribution in [-0.2, 0) is 6.42 Å². The Labute approximate surface area is 123 Å². The molecule has 3 rings (SSSR count). The quantitative estimate of drug-likeness (QED) is 0.812. The van der Waals surface area contributed by atoms with Crippen LogP contribution in [0.25, 0.3) is 0 Å². The highest BCUT2D eigenvalue weighted by molar-refractivity contribution is 5.14. The molecule has 1 aliphatic heterocycles. The molecule has 1 aromatic carbocycles. The van der Waals surface area contributed by atoms with Gasteiger partial charge < -0.3 is 4.90 Å². The van der Waals surface area contributed by atoms with E-state index < -0.39 is 0 Å². The smallest absolute Gasteiger partial charge is 0.0220 e. The third-order valence-corrected chi connectivity index (χ3v) is 5.24. The average molecular weight is 272 g/mol. The van der Waals surface area contributed by atoms with Crippen molar-refractivity contribution < 1.29 is 0 Å². The Morgan fingerprint density at radius 1 is 1.10 bits per heavy atom. The second-order valence-electron chi connectivity index (χ2n) is 6.59. The summed E-state index contributed by atoms with van der Waals surface area (Å²) in [5, 5.41) is 0. The van der Waals surface area contributed by atoms with Gasteiger partial charge in [0.1, 0.15) is 0 Å². The van der Waals surface area contributed by atoms with Crippen molar-refractivity contribution in [1.82, 2.24) is 9.80 Å². The molecular weight excluding hydrogens is 244 g/mol. The second-order valence-corrected chi connectivity index (χ2v) is 6.59. The van der Waals surface area contributed by atoms with Gasteiger partial charge in [0, 0.05) is 25.2 Å². The molecule has 1 aliphatic carbocycles. The Hall–Kier alpha value is -0.860. The molecule has 1 aromatic rings. The van der Waals surface area contributed by atoms with E-state index in [2.05, 4.69) is 47.2 Å². The van der Waals surface area contributed by atoms with Crippen LogP contribution >= 0.6 is 0 Å². The number of nitrogens with zero attached hydrogens (tertiary/aromatic N) is 2. The van der Waals surface area contributed by atoms with Crippen LogP contribution < -0.4 is 0 Å². The molecule has 1 saturated heterocycles. The van der Waals surface area contributed by atoms with E-state index in [1.165, 1.54) is 63.7 Å². The van der Waals surface area contributed by atoms with Crippen LogP contribution in [0.15, 0.2) is 30.3 Å². The van der Waals surface area contributed by atoms with E-state index in [9.17, 15) is 0 Å². The number of benzene rings is 1. The van der Waals surface area contributed by atoms with Gasteiger partial charge in [-0.15, -0.1) is 0 Å². The van der Waals surface area contributed by atoms with Crippen molar-refractivity contribution in [3.05, 3.63) is 35.9 Å². The largest absolute Gasteiger partial charge is 0.302 e. The molecule has 110 valence electrons. The highest BCUT2D eigenvalue weighted by Crippen LogP contribution is 2.28. The predicted octanol–water partition coefficient (Wildman–Crippen LogP) is 3.18. The molecule has 0 aromatic heterocycles. The van der Waals surface area contributed by atoms with Crippen LogP contribution in [0.3, 0.4) is 0 Å². The van der Waals surface area contributed by atoms with Gasteiger partial charge in [-0.1, -0.05) is 36.8 Å². The first-order valence-electron chi connectivity index (χ1n) is 8.31. The van der Waals surface area contributed by atoms with Gasteiger partial charge in [-0.25, -0.2) is 0 Å². The molecular formula is C18H28N2. The highest BCUT2D eigenvalue weighted by atomic mass is 15.2. The normalized spacial score (nSPS) is 24.8. The lowest BCUT2D eigenvalue weighted by Crippen LogP contribution is -2.52. The maximum absolute atomic E-state index is 2.76. The van der Waals surface area contributed by atoms with Crippen molar-refractivity contribution >= 4 is 0 Å². The van der Waals surface area contributed by atoms with Gasteiger partial charge in [0.05, 0.1) is 0 Å². The predicted molar refractivity (Wildman–Crippen MR) is 85.0 cm³/mol. The molecule has 1 heterocycles. The van der Waals surface area contributed by atoms with Gasteiger partial charge in [0.25, 0.3) is 0 Å². The molecule has 0 bridgehead atoms. The summed E-state index contributed by atoms with van der Waals surface area (Å²) in [6, 6.07) is 12.6. The molecule has 1 saturated carbocycles. The van der Waals surface area contributed by atoms with E-state index in [0.717, 1.165) is 12.1 Å². The van der Waals surface area contributed by atoms with Gasteiger partial charge in [-0.2, -0.15) is 0 Å². The van der Waals surface area contributed by atoms with Crippen molar-refractivity contribution in [2.24, 2.45) is 0 Å². The number of rotatable bonds is 5. The van der Waals surface area contributed by atoms with E-state index in [4.69, 9.17) is 0 Å². The maximum atomic E-state index is 2.76. The first-order valence-corrected chi connectivity index (χ1v) is 8.31. The second kappa shape index (κ2) is 6.73. The summed E-state index contributed by atoms with van der Waals surface area (Å²) >= 11 is 0. The standard InChI is InChI=1S/C18H28N2/c1-19(14-12-16-7-3-2-4-8-16)18-11-6-13-20(15-18)17-9-5-10-17/h2-4,7-8,17-18H,5-6,9-15H2,1H3/t18-/m1/s1. The van der Waals surface area contributed by atoms with Crippen LogP contribution in [0.4, 0.5) is 0 Å². The molecule has 0 radical (unpaired) electrons. The van der Waals surface area contributed by atoms with Crippen molar-refractivity contribution in [2.75, 3.05) is 26.7 Å². The van der Waals surface area contributed by atoms with Crippen molar-refractivity contribution in [3.8, 4) is 0 Å². The van der Waals surface area contributed by atoms with Crippen LogP contribution in [0, 0.1) is 0 Å². The summed E-state index contributed by atoms with van der Waals surface area (Å²) < 4.78 is 0. The van der Waals surface area contributed by atoms with E-state index in [1.54, 1.807) is 0 Å². The fraction of sp³-hybridized carbons (Fsp3) is 0.667. The number of likely N-dealkylation sites (N-methyl/N-ethyl adjacent to an activating group) is 1. The molecule has 2 heteroatoms.